The summed E-state index contributed by atoms with van der Waals surface area (Å²) in [6.45, 7) is 2.49. The number of aryl methyl sites for hydroxylation is 1. The molecule has 0 spiro atoms. The van der Waals surface area contributed by atoms with E-state index >= 15 is 0 Å². The van der Waals surface area contributed by atoms with Gasteiger partial charge in [0.2, 0.25) is 0 Å². The van der Waals surface area contributed by atoms with Crippen LogP contribution in [0.15, 0.2) is 59.0 Å². The average Bonchev–Trinajstić information content (AvgIpc) is 3.18. The van der Waals surface area contributed by atoms with Crippen LogP contribution in [-0.2, 0) is 6.54 Å². The van der Waals surface area contributed by atoms with Crippen LogP contribution in [0.3, 0.4) is 0 Å². The number of rotatable bonds is 4. The molecule has 0 unspecified atom stereocenters. The van der Waals surface area contributed by atoms with Gasteiger partial charge in [0.25, 0.3) is 0 Å². The van der Waals surface area contributed by atoms with E-state index in [-0.39, 0.29) is 0 Å². The van der Waals surface area contributed by atoms with E-state index in [2.05, 4.69) is 26.9 Å². The van der Waals surface area contributed by atoms with Gasteiger partial charge in [0.15, 0.2) is 5.82 Å². The highest BCUT2D eigenvalue weighted by atomic mass is 16.3. The zero-order valence-corrected chi connectivity index (χ0v) is 12.6. The molecule has 4 rings (SSSR count). The summed E-state index contributed by atoms with van der Waals surface area (Å²) >= 11 is 0. The van der Waals surface area contributed by atoms with Crippen molar-refractivity contribution < 1.29 is 4.42 Å². The molecule has 114 valence electrons. The van der Waals surface area contributed by atoms with E-state index in [0.29, 0.717) is 6.54 Å². The number of fused-ring (bicyclic) bond motifs is 1. The number of hydrogen-bond donors (Lipinski definition) is 1. The van der Waals surface area contributed by atoms with Crippen molar-refractivity contribution >= 4 is 16.7 Å². The molecule has 2 aromatic carbocycles. The summed E-state index contributed by atoms with van der Waals surface area (Å²) < 4.78 is 7.51. The van der Waals surface area contributed by atoms with Crippen LogP contribution < -0.4 is 5.32 Å². The van der Waals surface area contributed by atoms with Gasteiger partial charge in [-0.25, -0.2) is 0 Å². The minimum Gasteiger partial charge on any atom is -0.459 e. The Labute approximate surface area is 132 Å². The molecule has 6 nitrogen and oxygen atoms in total. The molecule has 0 amide bonds. The Balaban J connectivity index is 1.54. The van der Waals surface area contributed by atoms with E-state index in [1.54, 1.807) is 4.68 Å². The van der Waals surface area contributed by atoms with Crippen LogP contribution in [0.1, 0.15) is 11.6 Å². The molecule has 2 heterocycles. The lowest BCUT2D eigenvalue weighted by Crippen LogP contribution is -2.02. The van der Waals surface area contributed by atoms with Crippen LogP contribution in [0, 0.1) is 6.92 Å². The molecule has 0 bridgehead atoms. The summed E-state index contributed by atoms with van der Waals surface area (Å²) in [4.78, 5) is 0. The van der Waals surface area contributed by atoms with Crippen molar-refractivity contribution in [3.8, 4) is 5.69 Å². The molecule has 0 saturated carbocycles. The molecule has 2 aromatic heterocycles. The van der Waals surface area contributed by atoms with Gasteiger partial charge in [-0.3, -0.25) is 0 Å². The van der Waals surface area contributed by atoms with E-state index in [9.17, 15) is 0 Å². The predicted molar refractivity (Wildman–Crippen MR) is 87.4 cm³/mol. The molecular weight excluding hydrogens is 290 g/mol. The number of furan rings is 1. The lowest BCUT2D eigenvalue weighted by Gasteiger charge is -2.07. The van der Waals surface area contributed by atoms with Crippen molar-refractivity contribution in [3.05, 3.63) is 66.2 Å². The molecule has 0 aliphatic heterocycles. The fourth-order valence-electron chi connectivity index (χ4n) is 2.53. The van der Waals surface area contributed by atoms with E-state index < -0.39 is 0 Å². The number of benzene rings is 2. The molecular formula is C17H15N5O. The monoisotopic (exact) mass is 305 g/mol. The number of para-hydroxylation sites is 1. The number of nitrogens with one attached hydrogen (secondary N) is 1. The third-order valence-electron chi connectivity index (χ3n) is 3.66. The van der Waals surface area contributed by atoms with Gasteiger partial charge >= 0.3 is 0 Å². The van der Waals surface area contributed by atoms with Gasteiger partial charge in [-0.2, -0.15) is 4.68 Å². The summed E-state index contributed by atoms with van der Waals surface area (Å²) in [6.07, 6.45) is 0. The third kappa shape index (κ3) is 2.66. The minimum absolute atomic E-state index is 0.618. The van der Waals surface area contributed by atoms with Gasteiger partial charge < -0.3 is 9.73 Å². The Hall–Kier alpha value is -3.15. The second kappa shape index (κ2) is 5.57. The molecule has 0 radical (unpaired) electrons. The average molecular weight is 305 g/mol. The van der Waals surface area contributed by atoms with E-state index in [1.807, 2.05) is 55.5 Å². The van der Waals surface area contributed by atoms with E-state index in [4.69, 9.17) is 4.42 Å². The fourth-order valence-corrected chi connectivity index (χ4v) is 2.53. The van der Waals surface area contributed by atoms with Crippen LogP contribution in [0.5, 0.6) is 0 Å². The van der Waals surface area contributed by atoms with Gasteiger partial charge in [0, 0.05) is 11.1 Å². The van der Waals surface area contributed by atoms with Crippen molar-refractivity contribution in [3.63, 3.8) is 0 Å². The van der Waals surface area contributed by atoms with Gasteiger partial charge in [0.1, 0.15) is 11.3 Å². The molecule has 6 heteroatoms. The summed E-state index contributed by atoms with van der Waals surface area (Å²) in [5.41, 5.74) is 2.81. The lowest BCUT2D eigenvalue weighted by molar-refractivity contribution is 0.559. The third-order valence-corrected chi connectivity index (χ3v) is 3.66. The van der Waals surface area contributed by atoms with Crippen molar-refractivity contribution in [2.24, 2.45) is 0 Å². The second-order valence-electron chi connectivity index (χ2n) is 5.29. The summed E-state index contributed by atoms with van der Waals surface area (Å²) in [5.74, 6) is 1.65. The maximum absolute atomic E-state index is 5.81. The number of nitrogens with zero attached hydrogens (tertiary/aromatic N) is 4. The maximum Gasteiger partial charge on any atom is 0.153 e. The van der Waals surface area contributed by atoms with Crippen LogP contribution in [-0.4, -0.2) is 20.2 Å². The smallest absolute Gasteiger partial charge is 0.153 e. The zero-order chi connectivity index (χ0) is 15.6. The SMILES string of the molecule is Cc1nnnn1-c1cccc(NCc2cc3ccccc3o2)c1. The largest absolute Gasteiger partial charge is 0.459 e. The van der Waals surface area contributed by atoms with Crippen LogP contribution in [0.4, 0.5) is 5.69 Å². The standard InChI is InChI=1S/C17H15N5O/c1-12-19-20-21-22(12)15-7-4-6-14(10-15)18-11-16-9-13-5-2-3-8-17(13)23-16/h2-10,18H,11H2,1H3. The highest BCUT2D eigenvalue weighted by molar-refractivity contribution is 5.77. The van der Waals surface area contributed by atoms with E-state index in [1.165, 1.54) is 0 Å². The first kappa shape index (κ1) is 13.5. The van der Waals surface area contributed by atoms with Gasteiger partial charge in [-0.1, -0.05) is 24.3 Å². The Kier molecular flexibility index (Phi) is 3.27. The van der Waals surface area contributed by atoms with Gasteiger partial charge in [-0.15, -0.1) is 5.10 Å². The highest BCUT2D eigenvalue weighted by Gasteiger charge is 2.06. The lowest BCUT2D eigenvalue weighted by atomic mass is 10.2. The first-order valence-corrected chi connectivity index (χ1v) is 7.36. The van der Waals surface area contributed by atoms with Crippen LogP contribution in [0.2, 0.25) is 0 Å². The normalized spacial score (nSPS) is 11.0. The van der Waals surface area contributed by atoms with E-state index in [0.717, 1.165) is 33.9 Å². The van der Waals surface area contributed by atoms with Crippen LogP contribution >= 0.6 is 0 Å². The number of anilines is 1. The van der Waals surface area contributed by atoms with Crippen LogP contribution in [0.25, 0.3) is 16.7 Å². The summed E-state index contributed by atoms with van der Waals surface area (Å²) in [7, 11) is 0. The zero-order valence-electron chi connectivity index (χ0n) is 12.6. The molecule has 0 fully saturated rings. The van der Waals surface area contributed by atoms with Crippen molar-refractivity contribution in [1.29, 1.82) is 0 Å². The fraction of sp³-hybridized carbons (Fsp3) is 0.118. The summed E-state index contributed by atoms with van der Waals surface area (Å²) in [5, 5.41) is 16.0. The predicted octanol–water partition coefficient (Wildman–Crippen LogP) is 3.33. The quantitative estimate of drug-likeness (QED) is 0.626. The Morgan fingerprint density at radius 1 is 1.09 bits per heavy atom. The first-order valence-electron chi connectivity index (χ1n) is 7.36. The molecule has 1 N–H and O–H groups in total. The molecule has 0 saturated heterocycles. The minimum atomic E-state index is 0.618. The van der Waals surface area contributed by atoms with Gasteiger partial charge in [0.05, 0.1) is 12.2 Å². The Bertz CT molecular complexity index is 923. The number of hydrogen-bond acceptors (Lipinski definition) is 5. The molecule has 0 aliphatic rings. The molecule has 23 heavy (non-hydrogen) atoms. The molecule has 4 aromatic rings. The number of aromatic nitrogens is 4. The second-order valence-corrected chi connectivity index (χ2v) is 5.29. The van der Waals surface area contributed by atoms with Crippen molar-refractivity contribution in [1.82, 2.24) is 20.2 Å². The maximum atomic E-state index is 5.81. The summed E-state index contributed by atoms with van der Waals surface area (Å²) in [6, 6.07) is 18.0. The molecule has 0 aliphatic carbocycles. The van der Waals surface area contributed by atoms with Gasteiger partial charge in [-0.05, 0) is 47.7 Å². The first-order chi connectivity index (χ1) is 11.3. The topological polar surface area (TPSA) is 68.8 Å². The van der Waals surface area contributed by atoms with Crippen molar-refractivity contribution in [2.75, 3.05) is 5.32 Å². The Morgan fingerprint density at radius 2 is 2.00 bits per heavy atom. The Morgan fingerprint density at radius 3 is 2.83 bits per heavy atom. The van der Waals surface area contributed by atoms with Crippen molar-refractivity contribution in [2.45, 2.75) is 13.5 Å². The highest BCUT2D eigenvalue weighted by Crippen LogP contribution is 2.20. The molecule has 0 atom stereocenters. The number of tetrazole rings is 1.